The van der Waals surface area contributed by atoms with Gasteiger partial charge in [0.05, 0.1) is 25.4 Å². The van der Waals surface area contributed by atoms with E-state index in [-0.39, 0.29) is 11.6 Å². The lowest BCUT2D eigenvalue weighted by atomic mass is 9.93. The monoisotopic (exact) mass is 343 g/mol. The van der Waals surface area contributed by atoms with Gasteiger partial charge >= 0.3 is 0 Å². The minimum Gasteiger partial charge on any atom is -0.495 e. The van der Waals surface area contributed by atoms with Crippen molar-refractivity contribution in [2.45, 2.75) is 38.8 Å². The Hall–Kier alpha value is -1.61. The van der Waals surface area contributed by atoms with Crippen molar-refractivity contribution in [3.63, 3.8) is 0 Å². The molecule has 136 valence electrons. The minimum absolute atomic E-state index is 0.0503. The molecule has 2 aliphatic rings. The number of piperazine rings is 1. The molecule has 0 N–H and O–H groups in total. The first-order valence-electron chi connectivity index (χ1n) is 9.18. The highest BCUT2D eigenvalue weighted by atomic mass is 16.5. The van der Waals surface area contributed by atoms with Crippen LogP contribution < -0.4 is 4.74 Å². The maximum absolute atomic E-state index is 9.31. The number of nitrogens with zero attached hydrogens (tertiary/aromatic N) is 3. The lowest BCUT2D eigenvalue weighted by molar-refractivity contribution is -0.0254. The molecule has 5 heteroatoms. The Morgan fingerprint density at radius 1 is 1.36 bits per heavy atom. The van der Waals surface area contributed by atoms with Crippen molar-refractivity contribution in [3.05, 3.63) is 28.8 Å². The molecule has 0 aliphatic carbocycles. The standard InChI is InChI=1S/C20H29N3O2/c1-5-23-8-7-22(14-20(23,2)3)13-19-17-11-18(24-4)16(12-21)10-15(17)6-9-25-19/h10-11,19H,5-9,13-14H2,1-4H3. The van der Waals surface area contributed by atoms with Gasteiger partial charge in [-0.15, -0.1) is 0 Å². The lowest BCUT2D eigenvalue weighted by Crippen LogP contribution is -2.59. The molecule has 0 radical (unpaired) electrons. The molecule has 25 heavy (non-hydrogen) atoms. The summed E-state index contributed by atoms with van der Waals surface area (Å²) in [6, 6.07) is 6.21. The summed E-state index contributed by atoms with van der Waals surface area (Å²) in [5.74, 6) is 0.646. The van der Waals surface area contributed by atoms with E-state index in [9.17, 15) is 5.26 Å². The fourth-order valence-electron chi connectivity index (χ4n) is 4.23. The second-order valence-corrected chi connectivity index (χ2v) is 7.60. The molecule has 2 heterocycles. The molecule has 0 spiro atoms. The van der Waals surface area contributed by atoms with Crippen molar-refractivity contribution in [2.24, 2.45) is 0 Å². The van der Waals surface area contributed by atoms with Crippen LogP contribution in [0.25, 0.3) is 0 Å². The summed E-state index contributed by atoms with van der Waals surface area (Å²) < 4.78 is 11.5. The van der Waals surface area contributed by atoms with Gasteiger partial charge in [0.2, 0.25) is 0 Å². The predicted octanol–water partition coefficient (Wildman–Crippen LogP) is 2.60. The van der Waals surface area contributed by atoms with Gasteiger partial charge in [-0.1, -0.05) is 6.92 Å². The van der Waals surface area contributed by atoms with E-state index in [1.165, 1.54) is 11.1 Å². The highest BCUT2D eigenvalue weighted by Crippen LogP contribution is 2.34. The van der Waals surface area contributed by atoms with Crippen LogP contribution in [0.15, 0.2) is 12.1 Å². The number of benzene rings is 1. The molecule has 0 saturated carbocycles. The van der Waals surface area contributed by atoms with Crippen LogP contribution in [0.3, 0.4) is 0 Å². The quantitative estimate of drug-likeness (QED) is 0.841. The van der Waals surface area contributed by atoms with E-state index in [2.05, 4.69) is 36.6 Å². The molecule has 1 fully saturated rings. The van der Waals surface area contributed by atoms with Crippen molar-refractivity contribution in [3.8, 4) is 11.8 Å². The fraction of sp³-hybridized carbons (Fsp3) is 0.650. The largest absolute Gasteiger partial charge is 0.495 e. The van der Waals surface area contributed by atoms with Gasteiger partial charge in [-0.05, 0) is 50.1 Å². The Kier molecular flexibility index (Phi) is 5.33. The van der Waals surface area contributed by atoms with Gasteiger partial charge in [0.15, 0.2) is 0 Å². The lowest BCUT2D eigenvalue weighted by Gasteiger charge is -2.47. The predicted molar refractivity (Wildman–Crippen MR) is 97.9 cm³/mol. The zero-order chi connectivity index (χ0) is 18.0. The van der Waals surface area contributed by atoms with E-state index in [1.54, 1.807) is 7.11 Å². The Morgan fingerprint density at radius 2 is 2.16 bits per heavy atom. The average Bonchev–Trinajstić information content (AvgIpc) is 2.60. The topological polar surface area (TPSA) is 48.7 Å². The summed E-state index contributed by atoms with van der Waals surface area (Å²) in [6.45, 7) is 12.8. The first-order valence-corrected chi connectivity index (χ1v) is 9.18. The van der Waals surface area contributed by atoms with E-state index in [1.807, 2.05) is 12.1 Å². The van der Waals surface area contributed by atoms with Crippen LogP contribution in [0.2, 0.25) is 0 Å². The third-order valence-corrected chi connectivity index (χ3v) is 5.58. The number of rotatable bonds is 4. The van der Waals surface area contributed by atoms with Gasteiger partial charge < -0.3 is 9.47 Å². The second-order valence-electron chi connectivity index (χ2n) is 7.60. The van der Waals surface area contributed by atoms with Gasteiger partial charge in [-0.3, -0.25) is 9.80 Å². The summed E-state index contributed by atoms with van der Waals surface area (Å²) in [6.07, 6.45) is 0.911. The Bertz CT molecular complexity index is 666. The van der Waals surface area contributed by atoms with E-state index in [0.717, 1.165) is 39.1 Å². The van der Waals surface area contributed by atoms with Crippen LogP contribution in [-0.4, -0.2) is 61.8 Å². The van der Waals surface area contributed by atoms with Gasteiger partial charge in [0.25, 0.3) is 0 Å². The van der Waals surface area contributed by atoms with Crippen LogP contribution in [0, 0.1) is 11.3 Å². The van der Waals surface area contributed by atoms with E-state index < -0.39 is 0 Å². The van der Waals surface area contributed by atoms with Crippen molar-refractivity contribution >= 4 is 0 Å². The minimum atomic E-state index is 0.0503. The molecule has 1 atom stereocenters. The Balaban J connectivity index is 1.79. The zero-order valence-electron chi connectivity index (χ0n) is 15.8. The summed E-state index contributed by atoms with van der Waals surface area (Å²) in [5.41, 5.74) is 3.20. The third kappa shape index (κ3) is 3.67. The molecular weight excluding hydrogens is 314 g/mol. The van der Waals surface area contributed by atoms with Gasteiger partial charge in [-0.25, -0.2) is 0 Å². The molecule has 1 aromatic rings. The first-order chi connectivity index (χ1) is 12.0. The fourth-order valence-corrected chi connectivity index (χ4v) is 4.23. The zero-order valence-corrected chi connectivity index (χ0v) is 15.8. The van der Waals surface area contributed by atoms with E-state index >= 15 is 0 Å². The normalized spacial score (nSPS) is 23.7. The highest BCUT2D eigenvalue weighted by molar-refractivity contribution is 5.50. The molecule has 0 bridgehead atoms. The second kappa shape index (κ2) is 7.33. The summed E-state index contributed by atoms with van der Waals surface area (Å²) in [4.78, 5) is 5.05. The van der Waals surface area contributed by atoms with Crippen molar-refractivity contribution < 1.29 is 9.47 Å². The van der Waals surface area contributed by atoms with Gasteiger partial charge in [0, 0.05) is 31.7 Å². The number of hydrogen-bond donors (Lipinski definition) is 0. The van der Waals surface area contributed by atoms with Crippen LogP contribution in [0.1, 0.15) is 43.6 Å². The SMILES string of the molecule is CCN1CCN(CC2OCCc3cc(C#N)c(OC)cc32)CC1(C)C. The highest BCUT2D eigenvalue weighted by Gasteiger charge is 2.34. The van der Waals surface area contributed by atoms with Crippen molar-refractivity contribution in [1.29, 1.82) is 5.26 Å². The number of nitriles is 1. The molecule has 1 saturated heterocycles. The number of hydrogen-bond acceptors (Lipinski definition) is 5. The maximum atomic E-state index is 9.31. The summed E-state index contributed by atoms with van der Waals surface area (Å²) in [7, 11) is 1.62. The number of likely N-dealkylation sites (N-methyl/N-ethyl adjacent to an activating group) is 1. The summed E-state index contributed by atoms with van der Waals surface area (Å²) in [5, 5.41) is 9.31. The van der Waals surface area contributed by atoms with E-state index in [4.69, 9.17) is 9.47 Å². The number of methoxy groups -OCH3 is 1. The Morgan fingerprint density at radius 3 is 2.80 bits per heavy atom. The molecule has 1 aromatic carbocycles. The van der Waals surface area contributed by atoms with Crippen molar-refractivity contribution in [1.82, 2.24) is 9.80 Å². The smallest absolute Gasteiger partial charge is 0.137 e. The molecule has 1 unspecified atom stereocenters. The number of ether oxygens (including phenoxy) is 2. The van der Waals surface area contributed by atoms with Crippen LogP contribution in [-0.2, 0) is 11.2 Å². The van der Waals surface area contributed by atoms with E-state index in [0.29, 0.717) is 17.9 Å². The van der Waals surface area contributed by atoms with Crippen molar-refractivity contribution in [2.75, 3.05) is 46.4 Å². The Labute approximate surface area is 151 Å². The average molecular weight is 343 g/mol. The van der Waals surface area contributed by atoms with Crippen LogP contribution in [0.4, 0.5) is 0 Å². The first kappa shape index (κ1) is 18.2. The van der Waals surface area contributed by atoms with Crippen LogP contribution >= 0.6 is 0 Å². The molecule has 2 aliphatic heterocycles. The molecule has 3 rings (SSSR count). The van der Waals surface area contributed by atoms with Crippen LogP contribution in [0.5, 0.6) is 5.75 Å². The third-order valence-electron chi connectivity index (χ3n) is 5.58. The number of fused-ring (bicyclic) bond motifs is 1. The maximum Gasteiger partial charge on any atom is 0.137 e. The molecule has 0 aromatic heterocycles. The molecule has 0 amide bonds. The van der Waals surface area contributed by atoms with Gasteiger partial charge in [0.1, 0.15) is 11.8 Å². The molecular formula is C20H29N3O2. The summed E-state index contributed by atoms with van der Waals surface area (Å²) >= 11 is 0. The van der Waals surface area contributed by atoms with Gasteiger partial charge in [-0.2, -0.15) is 5.26 Å². The molecule has 5 nitrogen and oxygen atoms in total.